The number of benzene rings is 1. The van der Waals surface area contributed by atoms with E-state index in [1.54, 1.807) is 0 Å². The minimum atomic E-state index is -0.0890. The van der Waals surface area contributed by atoms with Crippen molar-refractivity contribution in [2.75, 3.05) is 7.11 Å². The van der Waals surface area contributed by atoms with Gasteiger partial charge in [0.15, 0.2) is 0 Å². The van der Waals surface area contributed by atoms with Crippen LogP contribution in [0.4, 0.5) is 0 Å². The Morgan fingerprint density at radius 1 is 1.19 bits per heavy atom. The van der Waals surface area contributed by atoms with Gasteiger partial charge in [0, 0.05) is 6.07 Å². The van der Waals surface area contributed by atoms with Crippen LogP contribution in [0.3, 0.4) is 0 Å². The summed E-state index contributed by atoms with van der Waals surface area (Å²) in [6.07, 6.45) is 5.80. The van der Waals surface area contributed by atoms with Gasteiger partial charge >= 0.3 is 5.97 Å². The molecule has 2 unspecified atom stereocenters. The Morgan fingerprint density at radius 2 is 2.04 bits per heavy atom. The van der Waals surface area contributed by atoms with Gasteiger partial charge in [-0.15, -0.1) is 0 Å². The van der Waals surface area contributed by atoms with Crippen LogP contribution in [0.2, 0.25) is 0 Å². The van der Waals surface area contributed by atoms with E-state index in [1.165, 1.54) is 18.2 Å². The molecule has 2 aromatic rings. The van der Waals surface area contributed by atoms with Gasteiger partial charge in [0.1, 0.15) is 6.61 Å². The van der Waals surface area contributed by atoms with Crippen LogP contribution in [0.15, 0.2) is 48.5 Å². The van der Waals surface area contributed by atoms with E-state index in [0.29, 0.717) is 18.4 Å². The fraction of sp³-hybridized carbons (Fsp3) is 0.364. The maximum absolute atomic E-state index is 11.8. The molecule has 1 heterocycles. The highest BCUT2D eigenvalue weighted by molar-refractivity contribution is 5.77. The third kappa shape index (κ3) is 3.36. The van der Waals surface area contributed by atoms with E-state index in [0.717, 1.165) is 36.9 Å². The molecule has 0 radical (unpaired) electrons. The number of rotatable bonds is 4. The average molecular weight is 349 g/mol. The van der Waals surface area contributed by atoms with Gasteiger partial charge in [0.05, 0.1) is 18.7 Å². The normalized spacial score (nSPS) is 21.2. The number of esters is 1. The Balaban J connectivity index is 1.50. The zero-order chi connectivity index (χ0) is 17.9. The van der Waals surface area contributed by atoms with Crippen molar-refractivity contribution in [3.05, 3.63) is 65.4 Å². The maximum Gasteiger partial charge on any atom is 0.308 e. The summed E-state index contributed by atoms with van der Waals surface area (Å²) in [6.45, 7) is 0.527. The Labute approximate surface area is 153 Å². The van der Waals surface area contributed by atoms with E-state index in [1.807, 2.05) is 36.4 Å². The number of nitrogens with zero attached hydrogens (tertiary/aromatic N) is 1. The number of carbonyl (C=O) groups excluding carboxylic acids is 1. The molecular formula is C22H23NO3. The van der Waals surface area contributed by atoms with Gasteiger partial charge in [-0.05, 0) is 54.4 Å². The molecule has 0 amide bonds. The number of pyridine rings is 1. The quantitative estimate of drug-likeness (QED) is 0.777. The molecule has 4 heteroatoms. The van der Waals surface area contributed by atoms with Crippen molar-refractivity contribution in [2.45, 2.75) is 32.3 Å². The van der Waals surface area contributed by atoms with Crippen molar-refractivity contribution in [1.29, 1.82) is 0 Å². The molecule has 2 atom stereocenters. The summed E-state index contributed by atoms with van der Waals surface area (Å²) >= 11 is 0. The largest absolute Gasteiger partial charge is 0.473 e. The van der Waals surface area contributed by atoms with Gasteiger partial charge in [0.2, 0.25) is 5.88 Å². The van der Waals surface area contributed by atoms with Crippen LogP contribution >= 0.6 is 0 Å². The summed E-state index contributed by atoms with van der Waals surface area (Å²) in [5.41, 5.74) is 4.80. The van der Waals surface area contributed by atoms with E-state index in [2.05, 4.69) is 12.1 Å². The van der Waals surface area contributed by atoms with Crippen LogP contribution in [0.25, 0.3) is 5.57 Å². The van der Waals surface area contributed by atoms with Crippen LogP contribution in [-0.2, 0) is 22.6 Å². The van der Waals surface area contributed by atoms with Gasteiger partial charge in [-0.25, -0.2) is 4.98 Å². The van der Waals surface area contributed by atoms with Crippen LogP contribution in [0.5, 0.6) is 5.88 Å². The van der Waals surface area contributed by atoms with Crippen LogP contribution < -0.4 is 4.74 Å². The molecule has 4 rings (SSSR count). The Morgan fingerprint density at radius 3 is 2.85 bits per heavy atom. The highest BCUT2D eigenvalue weighted by Gasteiger charge is 2.33. The summed E-state index contributed by atoms with van der Waals surface area (Å²) in [7, 11) is 1.47. The van der Waals surface area contributed by atoms with Crippen molar-refractivity contribution >= 4 is 11.5 Å². The molecular weight excluding hydrogens is 326 g/mol. The van der Waals surface area contributed by atoms with E-state index in [4.69, 9.17) is 14.5 Å². The van der Waals surface area contributed by atoms with Crippen molar-refractivity contribution < 1.29 is 14.3 Å². The lowest BCUT2D eigenvalue weighted by Gasteiger charge is -2.33. The Hall–Kier alpha value is -2.62. The van der Waals surface area contributed by atoms with Gasteiger partial charge in [-0.3, -0.25) is 4.79 Å². The molecule has 0 N–H and O–H groups in total. The fourth-order valence-corrected chi connectivity index (χ4v) is 4.02. The van der Waals surface area contributed by atoms with E-state index in [-0.39, 0.29) is 11.9 Å². The van der Waals surface area contributed by atoms with Gasteiger partial charge in [-0.2, -0.15) is 0 Å². The van der Waals surface area contributed by atoms with Crippen LogP contribution in [0.1, 0.15) is 36.1 Å². The number of fused-ring (bicyclic) bond motifs is 3. The Kier molecular flexibility index (Phi) is 4.74. The first-order valence-electron chi connectivity index (χ1n) is 9.19. The minimum absolute atomic E-state index is 0.00302. The Bertz CT molecular complexity index is 829. The van der Waals surface area contributed by atoms with Crippen molar-refractivity contribution in [3.63, 3.8) is 0 Å². The van der Waals surface area contributed by atoms with Crippen LogP contribution in [0, 0.1) is 11.8 Å². The molecule has 26 heavy (non-hydrogen) atoms. The SMILES string of the molecule is COC(=O)C1CC=C2c3ccc(OCc4ccccc4)nc3CCC2C1. The zero-order valence-electron chi connectivity index (χ0n) is 15.0. The predicted octanol–water partition coefficient (Wildman–Crippen LogP) is 4.19. The van der Waals surface area contributed by atoms with Crippen molar-refractivity contribution in [1.82, 2.24) is 4.98 Å². The first kappa shape index (κ1) is 16.8. The molecule has 0 aliphatic heterocycles. The molecule has 0 saturated carbocycles. The van der Waals surface area contributed by atoms with Gasteiger partial charge in [-0.1, -0.05) is 36.4 Å². The smallest absolute Gasteiger partial charge is 0.308 e. The number of allylic oxidation sites excluding steroid dienone is 2. The molecule has 2 aliphatic rings. The molecule has 1 aromatic carbocycles. The number of methoxy groups -OCH3 is 1. The van der Waals surface area contributed by atoms with Crippen LogP contribution in [-0.4, -0.2) is 18.1 Å². The molecule has 134 valence electrons. The molecule has 0 fully saturated rings. The van der Waals surface area contributed by atoms with E-state index in [9.17, 15) is 4.79 Å². The fourth-order valence-electron chi connectivity index (χ4n) is 4.02. The maximum atomic E-state index is 11.8. The molecule has 0 spiro atoms. The monoisotopic (exact) mass is 349 g/mol. The molecule has 0 saturated heterocycles. The first-order valence-corrected chi connectivity index (χ1v) is 9.19. The van der Waals surface area contributed by atoms with Crippen molar-refractivity contribution in [3.8, 4) is 5.88 Å². The number of carbonyl (C=O) groups is 1. The molecule has 2 aliphatic carbocycles. The minimum Gasteiger partial charge on any atom is -0.473 e. The lowest BCUT2D eigenvalue weighted by atomic mass is 9.72. The number of hydrogen-bond donors (Lipinski definition) is 0. The third-order valence-corrected chi connectivity index (χ3v) is 5.38. The average Bonchev–Trinajstić information content (AvgIpc) is 2.71. The van der Waals surface area contributed by atoms with E-state index >= 15 is 0 Å². The zero-order valence-corrected chi connectivity index (χ0v) is 15.0. The van der Waals surface area contributed by atoms with Crippen molar-refractivity contribution in [2.24, 2.45) is 11.8 Å². The number of aryl methyl sites for hydroxylation is 1. The molecule has 1 aromatic heterocycles. The number of ether oxygens (including phenoxy) is 2. The van der Waals surface area contributed by atoms with E-state index < -0.39 is 0 Å². The lowest BCUT2D eigenvalue weighted by molar-refractivity contribution is -0.146. The molecule has 4 nitrogen and oxygen atoms in total. The predicted molar refractivity (Wildman–Crippen MR) is 99.5 cm³/mol. The topological polar surface area (TPSA) is 48.4 Å². The second-order valence-electron chi connectivity index (χ2n) is 7.00. The summed E-state index contributed by atoms with van der Waals surface area (Å²) in [5, 5.41) is 0. The summed E-state index contributed by atoms with van der Waals surface area (Å²) in [4.78, 5) is 16.6. The second-order valence-corrected chi connectivity index (χ2v) is 7.00. The third-order valence-electron chi connectivity index (χ3n) is 5.38. The summed E-state index contributed by atoms with van der Waals surface area (Å²) in [5.74, 6) is 1.01. The second kappa shape index (κ2) is 7.32. The summed E-state index contributed by atoms with van der Waals surface area (Å²) in [6, 6.07) is 14.2. The lowest BCUT2D eigenvalue weighted by Crippen LogP contribution is -2.26. The standard InChI is InChI=1S/C22H23NO3/c1-25-22(24)17-7-9-18-16(13-17)8-11-20-19(18)10-12-21(23-20)26-14-15-5-3-2-4-6-15/h2-6,9-10,12,16-17H,7-8,11,13-14H2,1H3. The van der Waals surface area contributed by atoms with Gasteiger partial charge in [0.25, 0.3) is 0 Å². The number of aromatic nitrogens is 1. The van der Waals surface area contributed by atoms with Gasteiger partial charge < -0.3 is 9.47 Å². The molecule has 0 bridgehead atoms. The first-order chi connectivity index (χ1) is 12.7. The highest BCUT2D eigenvalue weighted by atomic mass is 16.5. The highest BCUT2D eigenvalue weighted by Crippen LogP contribution is 2.43. The summed E-state index contributed by atoms with van der Waals surface area (Å²) < 4.78 is 10.8. The number of hydrogen-bond acceptors (Lipinski definition) is 4.